The number of nitrogens with zero attached hydrogens (tertiary/aromatic N) is 2. The number of primary amides is 1. The normalized spacial score (nSPS) is 17.8. The molecule has 25 heavy (non-hydrogen) atoms. The molecule has 1 atom stereocenters. The molecule has 3 N–H and O–H groups in total. The van der Waals surface area contributed by atoms with Crippen molar-refractivity contribution in [2.24, 2.45) is 16.6 Å². The van der Waals surface area contributed by atoms with E-state index in [4.69, 9.17) is 22.3 Å². The van der Waals surface area contributed by atoms with Gasteiger partial charge in [-0.3, -0.25) is 4.79 Å². The fourth-order valence-corrected chi connectivity index (χ4v) is 3.68. The van der Waals surface area contributed by atoms with Crippen molar-refractivity contribution < 1.29 is 4.79 Å². The van der Waals surface area contributed by atoms with Gasteiger partial charge in [-0.2, -0.15) is 0 Å². The first-order valence-electron chi connectivity index (χ1n) is 8.25. The quantitative estimate of drug-likeness (QED) is 0.338. The van der Waals surface area contributed by atoms with Crippen molar-refractivity contribution in [1.82, 2.24) is 10.2 Å². The molecule has 1 aliphatic heterocycles. The first kappa shape index (κ1) is 22.5. The number of benzene rings is 1. The average molecular weight is 544 g/mol. The van der Waals surface area contributed by atoms with Gasteiger partial charge >= 0.3 is 0 Å². The van der Waals surface area contributed by atoms with Crippen LogP contribution in [0.15, 0.2) is 27.7 Å². The third-order valence-electron chi connectivity index (χ3n) is 4.06. The molecule has 0 spiro atoms. The minimum absolute atomic E-state index is 0. The Morgan fingerprint density at radius 2 is 2.28 bits per heavy atom. The highest BCUT2D eigenvalue weighted by Gasteiger charge is 2.23. The van der Waals surface area contributed by atoms with Crippen LogP contribution < -0.4 is 11.1 Å². The number of piperidine rings is 1. The van der Waals surface area contributed by atoms with Crippen LogP contribution in [0.2, 0.25) is 5.02 Å². The van der Waals surface area contributed by atoms with Gasteiger partial charge in [-0.25, -0.2) is 4.99 Å². The Bertz CT molecular complexity index is 614. The summed E-state index contributed by atoms with van der Waals surface area (Å²) in [4.78, 5) is 18.1. The lowest BCUT2D eigenvalue weighted by atomic mass is 9.95. The molecule has 1 fully saturated rings. The third-order valence-corrected chi connectivity index (χ3v) is 4.90. The number of nitrogens with two attached hydrogens (primary N) is 1. The molecule has 5 nitrogen and oxygen atoms in total. The van der Waals surface area contributed by atoms with E-state index < -0.39 is 0 Å². The van der Waals surface area contributed by atoms with Gasteiger partial charge in [0.1, 0.15) is 0 Å². The number of hydrogen-bond acceptors (Lipinski definition) is 2. The SMILES string of the molecule is CCNC(=NCc1ccc(Br)cc1Cl)N1CCCC(CC(N)=O)C1.I. The van der Waals surface area contributed by atoms with E-state index in [0.29, 0.717) is 23.9 Å². The van der Waals surface area contributed by atoms with Crippen LogP contribution in [0.4, 0.5) is 0 Å². The van der Waals surface area contributed by atoms with Crippen LogP contribution in [0.3, 0.4) is 0 Å². The summed E-state index contributed by atoms with van der Waals surface area (Å²) < 4.78 is 0.956. The second-order valence-corrected chi connectivity index (χ2v) is 7.35. The molecule has 0 aromatic heterocycles. The van der Waals surface area contributed by atoms with Gasteiger partial charge < -0.3 is 16.0 Å². The van der Waals surface area contributed by atoms with Crippen molar-refractivity contribution in [1.29, 1.82) is 0 Å². The fourth-order valence-electron chi connectivity index (χ4n) is 2.94. The molecule has 1 aromatic rings. The van der Waals surface area contributed by atoms with Crippen molar-refractivity contribution in [2.75, 3.05) is 19.6 Å². The van der Waals surface area contributed by atoms with Gasteiger partial charge in [0.25, 0.3) is 0 Å². The van der Waals surface area contributed by atoms with Crippen LogP contribution in [0.1, 0.15) is 31.7 Å². The Hall–Kier alpha value is -0.540. The summed E-state index contributed by atoms with van der Waals surface area (Å²) >= 11 is 9.68. The Labute approximate surface area is 179 Å². The van der Waals surface area contributed by atoms with Gasteiger partial charge in [-0.15, -0.1) is 24.0 Å². The molecule has 8 heteroatoms. The van der Waals surface area contributed by atoms with Crippen LogP contribution in [0, 0.1) is 5.92 Å². The summed E-state index contributed by atoms with van der Waals surface area (Å²) in [6.07, 6.45) is 2.52. The topological polar surface area (TPSA) is 70.7 Å². The predicted molar refractivity (Wildman–Crippen MR) is 117 cm³/mol. The second-order valence-electron chi connectivity index (χ2n) is 6.03. The number of hydrogen-bond donors (Lipinski definition) is 2. The highest BCUT2D eigenvalue weighted by molar-refractivity contribution is 14.0. The Morgan fingerprint density at radius 3 is 2.92 bits per heavy atom. The molecule has 140 valence electrons. The van der Waals surface area contributed by atoms with Gasteiger partial charge in [0.05, 0.1) is 6.54 Å². The summed E-state index contributed by atoms with van der Waals surface area (Å²) in [6, 6.07) is 5.82. The van der Waals surface area contributed by atoms with E-state index in [9.17, 15) is 4.79 Å². The molecule has 0 saturated carbocycles. The zero-order chi connectivity index (χ0) is 17.5. The van der Waals surface area contributed by atoms with Crippen LogP contribution >= 0.6 is 51.5 Å². The number of likely N-dealkylation sites (tertiary alicyclic amines) is 1. The summed E-state index contributed by atoms with van der Waals surface area (Å²) in [5.41, 5.74) is 6.33. The molecular weight excluding hydrogens is 518 g/mol. The monoisotopic (exact) mass is 542 g/mol. The maximum atomic E-state index is 11.2. The van der Waals surface area contributed by atoms with Gasteiger partial charge in [-0.05, 0) is 43.4 Å². The lowest BCUT2D eigenvalue weighted by Gasteiger charge is -2.34. The Morgan fingerprint density at radius 1 is 1.52 bits per heavy atom. The third kappa shape index (κ3) is 7.30. The number of carbonyl (C=O) groups is 1. The molecule has 0 bridgehead atoms. The molecule has 1 aliphatic rings. The van der Waals surface area contributed by atoms with Crippen LogP contribution in [0.5, 0.6) is 0 Å². The number of aliphatic imine (C=N–C) groups is 1. The van der Waals surface area contributed by atoms with Crippen molar-refractivity contribution >= 4 is 63.4 Å². The van der Waals surface area contributed by atoms with E-state index in [1.54, 1.807) is 0 Å². The van der Waals surface area contributed by atoms with Gasteiger partial charge in [0, 0.05) is 35.6 Å². The molecule has 0 aliphatic carbocycles. The number of halogens is 3. The van der Waals surface area contributed by atoms with Crippen molar-refractivity contribution in [3.8, 4) is 0 Å². The minimum Gasteiger partial charge on any atom is -0.370 e. The number of guanidine groups is 1. The summed E-state index contributed by atoms with van der Waals surface area (Å²) in [5.74, 6) is 0.937. The number of rotatable bonds is 5. The van der Waals surface area contributed by atoms with E-state index in [0.717, 1.165) is 48.5 Å². The zero-order valence-electron chi connectivity index (χ0n) is 14.3. The summed E-state index contributed by atoms with van der Waals surface area (Å²) in [7, 11) is 0. The maximum absolute atomic E-state index is 11.2. The van der Waals surface area contributed by atoms with E-state index >= 15 is 0 Å². The van der Waals surface area contributed by atoms with E-state index in [1.807, 2.05) is 25.1 Å². The average Bonchev–Trinajstić information content (AvgIpc) is 2.52. The van der Waals surface area contributed by atoms with Gasteiger partial charge in [0.2, 0.25) is 5.91 Å². The predicted octanol–water partition coefficient (Wildman–Crippen LogP) is 3.77. The fraction of sp³-hybridized carbons (Fsp3) is 0.529. The van der Waals surface area contributed by atoms with Gasteiger partial charge in [-0.1, -0.05) is 33.6 Å². The zero-order valence-corrected chi connectivity index (χ0v) is 19.0. The lowest BCUT2D eigenvalue weighted by molar-refractivity contribution is -0.119. The molecular formula is C17H25BrClIN4O. The minimum atomic E-state index is -0.231. The number of nitrogens with one attached hydrogen (secondary N) is 1. The summed E-state index contributed by atoms with van der Waals surface area (Å²) in [6.45, 7) is 5.11. The van der Waals surface area contributed by atoms with Crippen molar-refractivity contribution in [2.45, 2.75) is 32.7 Å². The first-order valence-corrected chi connectivity index (χ1v) is 9.42. The highest BCUT2D eigenvalue weighted by atomic mass is 127. The van der Waals surface area contributed by atoms with Gasteiger partial charge in [0.15, 0.2) is 5.96 Å². The standard InChI is InChI=1S/C17H24BrClN4O.HI/c1-2-21-17(22-10-13-5-6-14(18)9-15(13)19)23-7-3-4-12(11-23)8-16(20)24;/h5-6,9,12H,2-4,7-8,10-11H2,1H3,(H2,20,24)(H,21,22);1H. The molecule has 1 saturated heterocycles. The molecule has 2 rings (SSSR count). The number of amides is 1. The van der Waals surface area contributed by atoms with E-state index in [-0.39, 0.29) is 29.9 Å². The maximum Gasteiger partial charge on any atom is 0.217 e. The van der Waals surface area contributed by atoms with Crippen LogP contribution in [0.25, 0.3) is 0 Å². The lowest BCUT2D eigenvalue weighted by Crippen LogP contribution is -2.47. The summed E-state index contributed by atoms with van der Waals surface area (Å²) in [5, 5.41) is 4.04. The van der Waals surface area contributed by atoms with Crippen LogP contribution in [-0.4, -0.2) is 36.4 Å². The van der Waals surface area contributed by atoms with E-state index in [1.165, 1.54) is 0 Å². The molecule has 1 aromatic carbocycles. The Kier molecular flexibility index (Phi) is 10.1. The van der Waals surface area contributed by atoms with Crippen molar-refractivity contribution in [3.05, 3.63) is 33.3 Å². The van der Waals surface area contributed by atoms with Crippen LogP contribution in [-0.2, 0) is 11.3 Å². The second kappa shape index (κ2) is 11.2. The van der Waals surface area contributed by atoms with Crippen molar-refractivity contribution in [3.63, 3.8) is 0 Å². The number of carbonyl (C=O) groups excluding carboxylic acids is 1. The Balaban J connectivity index is 0.00000312. The molecule has 0 radical (unpaired) electrons. The highest BCUT2D eigenvalue weighted by Crippen LogP contribution is 2.23. The van der Waals surface area contributed by atoms with E-state index in [2.05, 4.69) is 26.1 Å². The smallest absolute Gasteiger partial charge is 0.217 e. The molecule has 1 amide bonds. The molecule has 1 unspecified atom stereocenters. The largest absolute Gasteiger partial charge is 0.370 e. The molecule has 1 heterocycles. The first-order chi connectivity index (χ1) is 11.5.